The van der Waals surface area contributed by atoms with Crippen LogP contribution in [0.3, 0.4) is 0 Å². The summed E-state index contributed by atoms with van der Waals surface area (Å²) in [5.41, 5.74) is 3.05. The Labute approximate surface area is 140 Å². The number of hydrogen-bond acceptors (Lipinski definition) is 2. The van der Waals surface area contributed by atoms with E-state index >= 15 is 0 Å². The molecule has 1 aliphatic rings. The average molecular weight is 334 g/mol. The highest BCUT2D eigenvalue weighted by Gasteiger charge is 2.30. The Morgan fingerprint density at radius 3 is 2.46 bits per heavy atom. The lowest BCUT2D eigenvalue weighted by Crippen LogP contribution is -2.42. The SMILES string of the molecule is Cc1cc(C(F)(F)F)ccc1-c1cccc(CN2CCNCC2)c1. The summed E-state index contributed by atoms with van der Waals surface area (Å²) >= 11 is 0. The second-order valence-electron chi connectivity index (χ2n) is 6.25. The molecule has 0 amide bonds. The van der Waals surface area contributed by atoms with E-state index in [2.05, 4.69) is 22.3 Å². The standard InChI is InChI=1S/C19H21F3N2/c1-14-11-17(19(20,21)22)5-6-18(14)16-4-2-3-15(12-16)13-24-9-7-23-8-10-24/h2-6,11-12,23H,7-10,13H2,1H3. The van der Waals surface area contributed by atoms with E-state index in [9.17, 15) is 13.2 Å². The zero-order valence-corrected chi connectivity index (χ0v) is 13.7. The van der Waals surface area contributed by atoms with Crippen LogP contribution >= 0.6 is 0 Å². The van der Waals surface area contributed by atoms with Gasteiger partial charge in [-0.15, -0.1) is 0 Å². The first-order valence-corrected chi connectivity index (χ1v) is 8.14. The summed E-state index contributed by atoms with van der Waals surface area (Å²) in [5, 5.41) is 3.33. The molecular formula is C19H21F3N2. The predicted molar refractivity (Wildman–Crippen MR) is 89.8 cm³/mol. The summed E-state index contributed by atoms with van der Waals surface area (Å²) in [5.74, 6) is 0. The molecule has 1 fully saturated rings. The lowest BCUT2D eigenvalue weighted by molar-refractivity contribution is -0.137. The molecule has 0 aromatic heterocycles. The molecule has 5 heteroatoms. The summed E-state index contributed by atoms with van der Waals surface area (Å²) in [6, 6.07) is 12.0. The van der Waals surface area contributed by atoms with Gasteiger partial charge in [0.05, 0.1) is 5.56 Å². The molecule has 1 N–H and O–H groups in total. The summed E-state index contributed by atoms with van der Waals surface area (Å²) < 4.78 is 38.4. The number of alkyl halides is 3. The van der Waals surface area contributed by atoms with Crippen molar-refractivity contribution in [2.45, 2.75) is 19.6 Å². The molecule has 2 aromatic carbocycles. The van der Waals surface area contributed by atoms with Crippen molar-refractivity contribution in [3.63, 3.8) is 0 Å². The molecule has 0 aliphatic carbocycles. The topological polar surface area (TPSA) is 15.3 Å². The molecule has 1 saturated heterocycles. The van der Waals surface area contributed by atoms with E-state index in [-0.39, 0.29) is 0 Å². The van der Waals surface area contributed by atoms with E-state index in [1.54, 1.807) is 13.0 Å². The molecule has 0 saturated carbocycles. The number of halogens is 3. The number of nitrogens with zero attached hydrogens (tertiary/aromatic N) is 1. The normalized spacial score (nSPS) is 16.3. The number of rotatable bonds is 3. The summed E-state index contributed by atoms with van der Waals surface area (Å²) in [6.45, 7) is 6.63. The monoisotopic (exact) mass is 334 g/mol. The fourth-order valence-corrected chi connectivity index (χ4v) is 3.13. The lowest BCUT2D eigenvalue weighted by atomic mass is 9.97. The van der Waals surface area contributed by atoms with Crippen molar-refractivity contribution in [3.05, 3.63) is 59.2 Å². The molecule has 0 atom stereocenters. The van der Waals surface area contributed by atoms with E-state index in [1.807, 2.05) is 12.1 Å². The molecule has 24 heavy (non-hydrogen) atoms. The third-order valence-electron chi connectivity index (χ3n) is 4.41. The van der Waals surface area contributed by atoms with Crippen LogP contribution in [0.2, 0.25) is 0 Å². The largest absolute Gasteiger partial charge is 0.416 e. The van der Waals surface area contributed by atoms with Gasteiger partial charge in [-0.25, -0.2) is 0 Å². The maximum atomic E-state index is 12.8. The number of piperazine rings is 1. The van der Waals surface area contributed by atoms with Gasteiger partial charge < -0.3 is 5.32 Å². The second-order valence-corrected chi connectivity index (χ2v) is 6.25. The van der Waals surface area contributed by atoms with Crippen LogP contribution in [0, 0.1) is 6.92 Å². The molecule has 2 aromatic rings. The van der Waals surface area contributed by atoms with E-state index in [1.165, 1.54) is 11.6 Å². The smallest absolute Gasteiger partial charge is 0.314 e. The summed E-state index contributed by atoms with van der Waals surface area (Å²) in [6.07, 6.45) is -4.30. The highest BCUT2D eigenvalue weighted by Crippen LogP contribution is 2.33. The van der Waals surface area contributed by atoms with Crippen LogP contribution < -0.4 is 5.32 Å². The Morgan fingerprint density at radius 1 is 1.04 bits per heavy atom. The molecule has 3 rings (SSSR count). The zero-order valence-electron chi connectivity index (χ0n) is 13.7. The maximum absolute atomic E-state index is 12.8. The first-order valence-electron chi connectivity index (χ1n) is 8.14. The van der Waals surface area contributed by atoms with E-state index in [4.69, 9.17) is 0 Å². The van der Waals surface area contributed by atoms with Gasteiger partial charge in [0.15, 0.2) is 0 Å². The van der Waals surface area contributed by atoms with Crippen LogP contribution in [0.5, 0.6) is 0 Å². The molecule has 0 radical (unpaired) electrons. The Hall–Kier alpha value is -1.85. The van der Waals surface area contributed by atoms with Crippen LogP contribution in [0.1, 0.15) is 16.7 Å². The van der Waals surface area contributed by atoms with Crippen LogP contribution in [-0.4, -0.2) is 31.1 Å². The average Bonchev–Trinajstić information content (AvgIpc) is 2.55. The quantitative estimate of drug-likeness (QED) is 0.910. The van der Waals surface area contributed by atoms with Gasteiger partial charge in [-0.3, -0.25) is 4.90 Å². The van der Waals surface area contributed by atoms with Gasteiger partial charge in [0.25, 0.3) is 0 Å². The number of hydrogen-bond donors (Lipinski definition) is 1. The van der Waals surface area contributed by atoms with Crippen molar-refractivity contribution in [1.29, 1.82) is 0 Å². The fraction of sp³-hybridized carbons (Fsp3) is 0.368. The van der Waals surface area contributed by atoms with Crippen LogP contribution in [0.25, 0.3) is 11.1 Å². The van der Waals surface area contributed by atoms with E-state index in [0.717, 1.165) is 49.9 Å². The zero-order chi connectivity index (χ0) is 17.2. The fourth-order valence-electron chi connectivity index (χ4n) is 3.13. The molecule has 2 nitrogen and oxygen atoms in total. The minimum Gasteiger partial charge on any atom is -0.314 e. The molecule has 128 valence electrons. The van der Waals surface area contributed by atoms with Crippen LogP contribution in [0.4, 0.5) is 13.2 Å². The van der Waals surface area contributed by atoms with E-state index in [0.29, 0.717) is 5.56 Å². The number of benzene rings is 2. The Balaban J connectivity index is 1.83. The summed E-state index contributed by atoms with van der Waals surface area (Å²) in [4.78, 5) is 2.38. The van der Waals surface area contributed by atoms with Crippen molar-refractivity contribution in [1.82, 2.24) is 10.2 Å². The van der Waals surface area contributed by atoms with Crippen molar-refractivity contribution in [2.75, 3.05) is 26.2 Å². The van der Waals surface area contributed by atoms with E-state index < -0.39 is 11.7 Å². The van der Waals surface area contributed by atoms with Gasteiger partial charge in [0.1, 0.15) is 0 Å². The van der Waals surface area contributed by atoms with Gasteiger partial charge >= 0.3 is 6.18 Å². The predicted octanol–water partition coefficient (Wildman–Crippen LogP) is 4.09. The lowest BCUT2D eigenvalue weighted by Gasteiger charge is -2.27. The Bertz CT molecular complexity index is 704. The van der Waals surface area contributed by atoms with Gasteiger partial charge in [-0.1, -0.05) is 24.3 Å². The maximum Gasteiger partial charge on any atom is 0.416 e. The number of nitrogens with one attached hydrogen (secondary N) is 1. The van der Waals surface area contributed by atoms with Gasteiger partial charge in [-0.2, -0.15) is 13.2 Å². The molecule has 0 spiro atoms. The van der Waals surface area contributed by atoms with Crippen molar-refractivity contribution in [3.8, 4) is 11.1 Å². The highest BCUT2D eigenvalue weighted by atomic mass is 19.4. The Kier molecular flexibility index (Phi) is 4.92. The van der Waals surface area contributed by atoms with Gasteiger partial charge in [-0.05, 0) is 47.4 Å². The number of aryl methyl sites for hydroxylation is 1. The first kappa shape index (κ1) is 17.0. The minimum absolute atomic E-state index is 0.597. The van der Waals surface area contributed by atoms with Crippen molar-refractivity contribution in [2.24, 2.45) is 0 Å². The Morgan fingerprint density at radius 2 is 1.79 bits per heavy atom. The second kappa shape index (κ2) is 6.95. The third kappa shape index (κ3) is 3.97. The van der Waals surface area contributed by atoms with Crippen molar-refractivity contribution >= 4 is 0 Å². The molecule has 1 heterocycles. The van der Waals surface area contributed by atoms with Gasteiger partial charge in [0, 0.05) is 32.7 Å². The molecule has 0 unspecified atom stereocenters. The molecule has 0 bridgehead atoms. The minimum atomic E-state index is -4.30. The van der Waals surface area contributed by atoms with Crippen LogP contribution in [0.15, 0.2) is 42.5 Å². The third-order valence-corrected chi connectivity index (χ3v) is 4.41. The summed E-state index contributed by atoms with van der Waals surface area (Å²) in [7, 11) is 0. The van der Waals surface area contributed by atoms with Gasteiger partial charge in [0.2, 0.25) is 0 Å². The van der Waals surface area contributed by atoms with Crippen LogP contribution in [-0.2, 0) is 12.7 Å². The highest BCUT2D eigenvalue weighted by molar-refractivity contribution is 5.68. The first-order chi connectivity index (χ1) is 11.4. The molecule has 1 aliphatic heterocycles. The molecular weight excluding hydrogens is 313 g/mol. The van der Waals surface area contributed by atoms with Crippen molar-refractivity contribution < 1.29 is 13.2 Å².